The lowest BCUT2D eigenvalue weighted by atomic mass is 10.3. The van der Waals surface area contributed by atoms with Gasteiger partial charge >= 0.3 is 0 Å². The van der Waals surface area contributed by atoms with Gasteiger partial charge in [0.25, 0.3) is 12.4 Å². The Labute approximate surface area is 135 Å². The highest BCUT2D eigenvalue weighted by molar-refractivity contribution is 8.02. The zero-order valence-electron chi connectivity index (χ0n) is 11.8. The summed E-state index contributed by atoms with van der Waals surface area (Å²) in [4.78, 5) is 19.9. The van der Waals surface area contributed by atoms with E-state index in [1.807, 2.05) is 0 Å². The van der Waals surface area contributed by atoms with Crippen LogP contribution in [0.4, 0.5) is 11.4 Å². The molecule has 1 rings (SSSR count). The minimum Gasteiger partial charge on any atom is -0.345 e. The Hall–Kier alpha value is -2.20. The molecule has 118 valence electrons. The van der Waals surface area contributed by atoms with Gasteiger partial charge in [-0.25, -0.2) is 0 Å². The van der Waals surface area contributed by atoms with Gasteiger partial charge in [-0.1, -0.05) is 6.07 Å². The number of anilines is 2. The van der Waals surface area contributed by atoms with Crippen LogP contribution in [0.5, 0.6) is 0 Å². The van der Waals surface area contributed by atoms with Crippen LogP contribution >= 0.6 is 23.5 Å². The Bertz CT molecular complexity index is 570. The molecule has 0 aromatic heterocycles. The van der Waals surface area contributed by atoms with Crippen LogP contribution in [0.1, 0.15) is 0 Å². The molecule has 0 bridgehead atoms. The number of benzene rings is 1. The fraction of sp³-hybridized carbons (Fsp3) is 0.167. The summed E-state index contributed by atoms with van der Waals surface area (Å²) >= 11 is 2.42. The van der Waals surface area contributed by atoms with Crippen molar-refractivity contribution in [2.45, 2.75) is 0 Å². The summed E-state index contributed by atoms with van der Waals surface area (Å²) in [6, 6.07) is 6.92. The summed E-state index contributed by atoms with van der Waals surface area (Å²) < 4.78 is 0. The first-order valence-electron chi connectivity index (χ1n) is 5.87. The molecule has 0 amide bonds. The monoisotopic (exact) mass is 342 g/mol. The second-order valence-electron chi connectivity index (χ2n) is 3.80. The topological polar surface area (TPSA) is 110 Å². The number of thioether (sulfide) groups is 2. The maximum atomic E-state index is 10.5. The zero-order chi connectivity index (χ0) is 16.5. The molecule has 2 N–H and O–H groups in total. The highest BCUT2D eigenvalue weighted by atomic mass is 32.2. The van der Waals surface area contributed by atoms with Crippen LogP contribution in [0.3, 0.4) is 0 Å². The normalized spacial score (nSPS) is 11.9. The third kappa shape index (κ3) is 6.50. The summed E-state index contributed by atoms with van der Waals surface area (Å²) in [6.07, 6.45) is 5.20. The standard InChI is InChI=1S/C12H14N4O4S2/c1-21-11(7-15(17)18)13-9-4-3-5-10(6-9)14-12(22-2)8-16(19)20/h3-8,13-14H,1-2H3/b11-7-,12-8-. The second kappa shape index (κ2) is 8.95. The van der Waals surface area contributed by atoms with E-state index >= 15 is 0 Å². The molecular formula is C12H14N4O4S2. The Balaban J connectivity index is 2.90. The molecule has 1 aromatic rings. The second-order valence-corrected chi connectivity index (χ2v) is 5.49. The highest BCUT2D eigenvalue weighted by Gasteiger charge is 2.05. The number of hydrogen-bond donors (Lipinski definition) is 2. The van der Waals surface area contributed by atoms with Gasteiger partial charge in [-0.05, 0) is 30.7 Å². The molecule has 0 aliphatic rings. The maximum absolute atomic E-state index is 10.5. The van der Waals surface area contributed by atoms with E-state index in [-0.39, 0.29) is 0 Å². The van der Waals surface area contributed by atoms with Crippen molar-refractivity contribution in [2.75, 3.05) is 23.1 Å². The highest BCUT2D eigenvalue weighted by Crippen LogP contribution is 2.23. The van der Waals surface area contributed by atoms with Crippen LogP contribution in [-0.4, -0.2) is 22.4 Å². The van der Waals surface area contributed by atoms with Crippen molar-refractivity contribution in [3.63, 3.8) is 0 Å². The molecule has 10 heteroatoms. The predicted molar refractivity (Wildman–Crippen MR) is 90.9 cm³/mol. The predicted octanol–water partition coefficient (Wildman–Crippen LogP) is 3.39. The molecular weight excluding hydrogens is 328 g/mol. The van der Waals surface area contributed by atoms with Gasteiger partial charge in [-0.3, -0.25) is 20.2 Å². The molecule has 0 radical (unpaired) electrons. The van der Waals surface area contributed by atoms with Gasteiger partial charge in [0, 0.05) is 11.4 Å². The lowest BCUT2D eigenvalue weighted by molar-refractivity contribution is -0.402. The van der Waals surface area contributed by atoms with Gasteiger partial charge in [0.05, 0.1) is 9.85 Å². The first-order valence-corrected chi connectivity index (χ1v) is 8.32. The molecule has 0 unspecified atom stereocenters. The Kier molecular flexibility index (Phi) is 7.26. The van der Waals surface area contributed by atoms with Crippen LogP contribution in [0.2, 0.25) is 0 Å². The minimum absolute atomic E-state index is 0.382. The van der Waals surface area contributed by atoms with E-state index in [1.54, 1.807) is 36.8 Å². The molecule has 0 saturated heterocycles. The van der Waals surface area contributed by atoms with E-state index in [0.717, 1.165) is 12.4 Å². The summed E-state index contributed by atoms with van der Waals surface area (Å²) in [7, 11) is 0. The van der Waals surface area contributed by atoms with E-state index in [4.69, 9.17) is 0 Å². The molecule has 0 atom stereocenters. The number of nitro groups is 2. The van der Waals surface area contributed by atoms with Crippen molar-refractivity contribution in [3.8, 4) is 0 Å². The first kappa shape index (κ1) is 17.9. The van der Waals surface area contributed by atoms with Gasteiger partial charge in [0.1, 0.15) is 10.1 Å². The lowest BCUT2D eigenvalue weighted by Gasteiger charge is -2.10. The molecule has 0 heterocycles. The van der Waals surface area contributed by atoms with Crippen molar-refractivity contribution < 1.29 is 9.85 Å². The van der Waals surface area contributed by atoms with Gasteiger partial charge in [0.2, 0.25) is 0 Å². The van der Waals surface area contributed by atoms with Crippen molar-refractivity contribution in [3.05, 3.63) is 67.0 Å². The Morgan fingerprint density at radius 3 is 1.73 bits per heavy atom. The molecule has 0 aliphatic carbocycles. The van der Waals surface area contributed by atoms with Gasteiger partial charge in [0.15, 0.2) is 0 Å². The molecule has 8 nitrogen and oxygen atoms in total. The van der Waals surface area contributed by atoms with Crippen LogP contribution in [-0.2, 0) is 0 Å². The third-order valence-corrected chi connectivity index (χ3v) is 3.58. The van der Waals surface area contributed by atoms with Crippen LogP contribution in [0.25, 0.3) is 0 Å². The van der Waals surface area contributed by atoms with E-state index in [2.05, 4.69) is 10.6 Å². The molecule has 1 aromatic carbocycles. The fourth-order valence-corrected chi connectivity index (χ4v) is 2.25. The summed E-state index contributed by atoms with van der Waals surface area (Å²) in [5.41, 5.74) is 1.27. The van der Waals surface area contributed by atoms with E-state index in [1.165, 1.54) is 23.5 Å². The number of nitrogens with one attached hydrogen (secondary N) is 2. The summed E-state index contributed by atoms with van der Waals surface area (Å²) in [5, 5.41) is 27.6. The Morgan fingerprint density at radius 2 is 1.41 bits per heavy atom. The number of hydrogen-bond acceptors (Lipinski definition) is 8. The van der Waals surface area contributed by atoms with Gasteiger partial charge in [-0.15, -0.1) is 23.5 Å². The van der Waals surface area contributed by atoms with Crippen molar-refractivity contribution in [1.82, 2.24) is 0 Å². The lowest BCUT2D eigenvalue weighted by Crippen LogP contribution is -2.01. The molecule has 0 saturated carbocycles. The van der Waals surface area contributed by atoms with E-state index < -0.39 is 9.85 Å². The van der Waals surface area contributed by atoms with Crippen molar-refractivity contribution in [1.29, 1.82) is 0 Å². The summed E-state index contributed by atoms with van der Waals surface area (Å²) in [5.74, 6) is 0. The maximum Gasteiger partial charge on any atom is 0.264 e. The van der Waals surface area contributed by atoms with Crippen LogP contribution < -0.4 is 10.6 Å². The average Bonchev–Trinajstić information content (AvgIpc) is 2.45. The Morgan fingerprint density at radius 1 is 1.00 bits per heavy atom. The smallest absolute Gasteiger partial charge is 0.264 e. The number of nitrogens with zero attached hydrogens (tertiary/aromatic N) is 2. The summed E-state index contributed by atoms with van der Waals surface area (Å²) in [6.45, 7) is 0. The van der Waals surface area contributed by atoms with Crippen LogP contribution in [0.15, 0.2) is 46.7 Å². The SMILES string of the molecule is CS/C(=C\[N+](=O)[O-])Nc1cccc(N/C(=C/[N+](=O)[O-])SC)c1. The quantitative estimate of drug-likeness (QED) is 0.546. The average molecular weight is 342 g/mol. The van der Waals surface area contributed by atoms with Crippen molar-refractivity contribution in [2.24, 2.45) is 0 Å². The third-order valence-electron chi connectivity index (χ3n) is 2.28. The zero-order valence-corrected chi connectivity index (χ0v) is 13.4. The van der Waals surface area contributed by atoms with Gasteiger partial charge < -0.3 is 10.6 Å². The molecule has 0 aliphatic heterocycles. The molecule has 22 heavy (non-hydrogen) atoms. The van der Waals surface area contributed by atoms with E-state index in [9.17, 15) is 20.2 Å². The number of rotatable bonds is 8. The largest absolute Gasteiger partial charge is 0.345 e. The molecule has 0 fully saturated rings. The fourth-order valence-electron chi connectivity index (χ4n) is 1.42. The molecule has 0 spiro atoms. The van der Waals surface area contributed by atoms with Crippen molar-refractivity contribution >= 4 is 34.9 Å². The van der Waals surface area contributed by atoms with Gasteiger partial charge in [-0.2, -0.15) is 0 Å². The minimum atomic E-state index is -0.535. The van der Waals surface area contributed by atoms with E-state index in [0.29, 0.717) is 21.4 Å². The first-order chi connectivity index (χ1) is 10.4. The van der Waals surface area contributed by atoms with Crippen LogP contribution in [0, 0.1) is 20.2 Å².